The summed E-state index contributed by atoms with van der Waals surface area (Å²) in [5.41, 5.74) is 0.880. The van der Waals surface area contributed by atoms with E-state index in [2.05, 4.69) is 5.32 Å². The van der Waals surface area contributed by atoms with Gasteiger partial charge in [-0.15, -0.1) is 0 Å². The number of benzene rings is 1. The van der Waals surface area contributed by atoms with Gasteiger partial charge in [-0.1, -0.05) is 12.1 Å². The van der Waals surface area contributed by atoms with Gasteiger partial charge in [0.2, 0.25) is 0 Å². The molecule has 0 spiro atoms. The van der Waals surface area contributed by atoms with Crippen LogP contribution in [0.15, 0.2) is 24.3 Å². The molecule has 3 nitrogen and oxygen atoms in total. The van der Waals surface area contributed by atoms with E-state index in [9.17, 15) is 5.11 Å². The summed E-state index contributed by atoms with van der Waals surface area (Å²) in [5, 5.41) is 12.6. The molecule has 1 aromatic carbocycles. The van der Waals surface area contributed by atoms with Gasteiger partial charge in [-0.3, -0.25) is 0 Å². The highest BCUT2D eigenvalue weighted by atomic mass is 16.5. The summed E-state index contributed by atoms with van der Waals surface area (Å²) >= 11 is 0. The van der Waals surface area contributed by atoms with Gasteiger partial charge in [-0.2, -0.15) is 0 Å². The number of hydrogen-bond acceptors (Lipinski definition) is 3. The lowest BCUT2D eigenvalue weighted by molar-refractivity contribution is 0.177. The van der Waals surface area contributed by atoms with E-state index in [4.69, 9.17) is 4.74 Å². The van der Waals surface area contributed by atoms with Crippen molar-refractivity contribution in [1.29, 1.82) is 0 Å². The summed E-state index contributed by atoms with van der Waals surface area (Å²) in [7, 11) is 1.82. The normalized spacial score (nSPS) is 12.5. The summed E-state index contributed by atoms with van der Waals surface area (Å²) in [6.45, 7) is 3.14. The minimum Gasteiger partial charge on any atom is -0.494 e. The highest BCUT2D eigenvalue weighted by Gasteiger charge is 2.06. The maximum absolute atomic E-state index is 9.70. The van der Waals surface area contributed by atoms with Gasteiger partial charge in [-0.05, 0) is 31.7 Å². The Labute approximate surface area is 84.7 Å². The van der Waals surface area contributed by atoms with Crippen molar-refractivity contribution < 1.29 is 9.84 Å². The zero-order chi connectivity index (χ0) is 10.4. The Hall–Kier alpha value is -1.06. The number of ether oxygens (including phenoxy) is 1. The van der Waals surface area contributed by atoms with Crippen LogP contribution < -0.4 is 10.1 Å². The molecule has 1 aromatic rings. The molecule has 0 unspecified atom stereocenters. The van der Waals surface area contributed by atoms with Crippen LogP contribution in [0.4, 0.5) is 0 Å². The average molecular weight is 195 g/mol. The van der Waals surface area contributed by atoms with Crippen LogP contribution in [0.5, 0.6) is 5.75 Å². The lowest BCUT2D eigenvalue weighted by Gasteiger charge is -2.11. The van der Waals surface area contributed by atoms with Crippen molar-refractivity contribution in [3.8, 4) is 5.75 Å². The zero-order valence-electron chi connectivity index (χ0n) is 8.66. The van der Waals surface area contributed by atoms with E-state index in [0.29, 0.717) is 13.2 Å². The molecule has 1 rings (SSSR count). The molecule has 0 aliphatic rings. The molecule has 2 N–H and O–H groups in total. The van der Waals surface area contributed by atoms with E-state index >= 15 is 0 Å². The fourth-order valence-corrected chi connectivity index (χ4v) is 1.29. The molecular formula is C11H17NO2. The molecule has 14 heavy (non-hydrogen) atoms. The summed E-state index contributed by atoms with van der Waals surface area (Å²) in [5.74, 6) is 0.806. The first-order valence-electron chi connectivity index (χ1n) is 4.83. The quantitative estimate of drug-likeness (QED) is 0.745. The van der Waals surface area contributed by atoms with Crippen LogP contribution in [-0.4, -0.2) is 25.3 Å². The highest BCUT2D eigenvalue weighted by molar-refractivity contribution is 5.29. The number of likely N-dealkylation sites (N-methyl/N-ethyl adjacent to an activating group) is 1. The fraction of sp³-hybridized carbons (Fsp3) is 0.455. The Kier molecular flexibility index (Phi) is 4.43. The second kappa shape index (κ2) is 5.62. The fourth-order valence-electron chi connectivity index (χ4n) is 1.29. The maximum Gasteiger partial charge on any atom is 0.119 e. The van der Waals surface area contributed by atoms with Gasteiger partial charge in [0.25, 0.3) is 0 Å². The van der Waals surface area contributed by atoms with E-state index < -0.39 is 6.10 Å². The van der Waals surface area contributed by atoms with E-state index in [1.165, 1.54) is 0 Å². The highest BCUT2D eigenvalue weighted by Crippen LogP contribution is 2.18. The smallest absolute Gasteiger partial charge is 0.119 e. The predicted octanol–water partition coefficient (Wildman–Crippen LogP) is 1.34. The molecular weight excluding hydrogens is 178 g/mol. The van der Waals surface area contributed by atoms with Gasteiger partial charge in [0.05, 0.1) is 12.7 Å². The minimum atomic E-state index is -0.472. The molecule has 0 aliphatic carbocycles. The first-order valence-corrected chi connectivity index (χ1v) is 4.83. The lowest BCUT2D eigenvalue weighted by Crippen LogP contribution is -2.16. The van der Waals surface area contributed by atoms with Crippen LogP contribution in [0.2, 0.25) is 0 Å². The molecule has 3 heteroatoms. The SMILES string of the molecule is CCOc1cccc([C@H](O)CNC)c1. The van der Waals surface area contributed by atoms with Crippen molar-refractivity contribution in [1.82, 2.24) is 5.32 Å². The van der Waals surface area contributed by atoms with Gasteiger partial charge in [-0.25, -0.2) is 0 Å². The van der Waals surface area contributed by atoms with Crippen molar-refractivity contribution in [2.24, 2.45) is 0 Å². The molecule has 0 bridgehead atoms. The number of nitrogens with one attached hydrogen (secondary N) is 1. The molecule has 0 aromatic heterocycles. The summed E-state index contributed by atoms with van der Waals surface area (Å²) in [6.07, 6.45) is -0.472. The van der Waals surface area contributed by atoms with Crippen LogP contribution in [0.25, 0.3) is 0 Å². The standard InChI is InChI=1S/C11H17NO2/c1-3-14-10-6-4-5-9(7-10)11(13)8-12-2/h4-7,11-13H,3,8H2,1-2H3/t11-/m1/s1. The first-order chi connectivity index (χ1) is 6.77. The summed E-state index contributed by atoms with van der Waals surface area (Å²) < 4.78 is 5.34. The number of rotatable bonds is 5. The van der Waals surface area contributed by atoms with Crippen LogP contribution in [-0.2, 0) is 0 Å². The monoisotopic (exact) mass is 195 g/mol. The Morgan fingerprint density at radius 3 is 2.93 bits per heavy atom. The third-order valence-corrected chi connectivity index (χ3v) is 1.95. The van der Waals surface area contributed by atoms with Gasteiger partial charge in [0.1, 0.15) is 5.75 Å². The second-order valence-corrected chi connectivity index (χ2v) is 3.08. The van der Waals surface area contributed by atoms with Crippen LogP contribution >= 0.6 is 0 Å². The van der Waals surface area contributed by atoms with Crippen molar-refractivity contribution in [2.75, 3.05) is 20.2 Å². The zero-order valence-corrected chi connectivity index (χ0v) is 8.66. The third-order valence-electron chi connectivity index (χ3n) is 1.95. The van der Waals surface area contributed by atoms with Gasteiger partial charge < -0.3 is 15.2 Å². The Morgan fingerprint density at radius 2 is 2.29 bits per heavy atom. The van der Waals surface area contributed by atoms with Crippen molar-refractivity contribution in [3.63, 3.8) is 0 Å². The Morgan fingerprint density at radius 1 is 1.50 bits per heavy atom. The van der Waals surface area contributed by atoms with Gasteiger partial charge >= 0.3 is 0 Å². The molecule has 0 heterocycles. The molecule has 0 saturated heterocycles. The van der Waals surface area contributed by atoms with Crippen LogP contribution in [0, 0.1) is 0 Å². The molecule has 0 amide bonds. The van der Waals surface area contributed by atoms with Crippen molar-refractivity contribution >= 4 is 0 Å². The molecule has 1 atom stereocenters. The van der Waals surface area contributed by atoms with Gasteiger partial charge in [0, 0.05) is 6.54 Å². The summed E-state index contributed by atoms with van der Waals surface area (Å²) in [6, 6.07) is 7.54. The molecule has 0 radical (unpaired) electrons. The summed E-state index contributed by atoms with van der Waals surface area (Å²) in [4.78, 5) is 0. The van der Waals surface area contributed by atoms with Gasteiger partial charge in [0.15, 0.2) is 0 Å². The number of aliphatic hydroxyl groups is 1. The Balaban J connectivity index is 2.71. The molecule has 0 fully saturated rings. The van der Waals surface area contributed by atoms with Crippen molar-refractivity contribution in [2.45, 2.75) is 13.0 Å². The maximum atomic E-state index is 9.70. The van der Waals surface area contributed by atoms with Crippen LogP contribution in [0.3, 0.4) is 0 Å². The third kappa shape index (κ3) is 3.01. The predicted molar refractivity (Wildman–Crippen MR) is 56.5 cm³/mol. The number of hydrogen-bond donors (Lipinski definition) is 2. The molecule has 78 valence electrons. The average Bonchev–Trinajstić information content (AvgIpc) is 2.19. The Bertz CT molecular complexity index is 276. The largest absolute Gasteiger partial charge is 0.494 e. The van der Waals surface area contributed by atoms with E-state index in [1.807, 2.05) is 38.2 Å². The van der Waals surface area contributed by atoms with E-state index in [-0.39, 0.29) is 0 Å². The van der Waals surface area contributed by atoms with Crippen LogP contribution in [0.1, 0.15) is 18.6 Å². The number of aliphatic hydroxyl groups excluding tert-OH is 1. The second-order valence-electron chi connectivity index (χ2n) is 3.08. The molecule has 0 saturated carbocycles. The van der Waals surface area contributed by atoms with Crippen molar-refractivity contribution in [3.05, 3.63) is 29.8 Å². The lowest BCUT2D eigenvalue weighted by atomic mass is 10.1. The first kappa shape index (κ1) is 11.0. The van der Waals surface area contributed by atoms with E-state index in [1.54, 1.807) is 0 Å². The minimum absolute atomic E-state index is 0.472. The molecule has 0 aliphatic heterocycles. The topological polar surface area (TPSA) is 41.5 Å². The van der Waals surface area contributed by atoms with E-state index in [0.717, 1.165) is 11.3 Å².